The maximum absolute atomic E-state index is 12.9. The zero-order valence-corrected chi connectivity index (χ0v) is 13.9. The third-order valence-electron chi connectivity index (χ3n) is 4.04. The van der Waals surface area contributed by atoms with Gasteiger partial charge in [0.2, 0.25) is 10.0 Å². The molecule has 6 heteroatoms. The van der Waals surface area contributed by atoms with Crippen LogP contribution >= 0.6 is 12.2 Å². The minimum Gasteiger partial charge on any atom is -0.389 e. The molecule has 1 atom stereocenters. The van der Waals surface area contributed by atoms with Crippen LogP contribution in [0.1, 0.15) is 44.6 Å². The zero-order valence-electron chi connectivity index (χ0n) is 12.3. The summed E-state index contributed by atoms with van der Waals surface area (Å²) in [5.74, 6) is 0. The molecule has 0 saturated carbocycles. The van der Waals surface area contributed by atoms with Gasteiger partial charge >= 0.3 is 0 Å². The average Bonchev–Trinajstić information content (AvgIpc) is 2.72. The molecular weight excluding hydrogens is 304 g/mol. The number of hydrogen-bond donors (Lipinski definition) is 1. The second kappa shape index (κ2) is 6.85. The van der Waals surface area contributed by atoms with Crippen molar-refractivity contribution in [3.63, 3.8) is 0 Å². The quantitative estimate of drug-likeness (QED) is 0.864. The lowest BCUT2D eigenvalue weighted by molar-refractivity contribution is 0.315. The molecule has 1 aromatic rings. The third-order valence-corrected chi connectivity index (χ3v) is 6.24. The van der Waals surface area contributed by atoms with Gasteiger partial charge in [-0.15, -0.1) is 0 Å². The van der Waals surface area contributed by atoms with Crippen molar-refractivity contribution < 1.29 is 8.42 Å². The summed E-state index contributed by atoms with van der Waals surface area (Å²) >= 11 is 4.90. The summed E-state index contributed by atoms with van der Waals surface area (Å²) in [6, 6.07) is 6.65. The summed E-state index contributed by atoms with van der Waals surface area (Å²) < 4.78 is 27.4. The first-order valence-corrected chi connectivity index (χ1v) is 9.23. The number of sulfonamides is 1. The Morgan fingerprint density at radius 1 is 1.29 bits per heavy atom. The number of benzene rings is 1. The minimum atomic E-state index is -3.44. The Balaban J connectivity index is 2.32. The molecule has 1 aliphatic rings. The van der Waals surface area contributed by atoms with Crippen LogP contribution in [-0.4, -0.2) is 30.3 Å². The molecule has 1 aromatic carbocycles. The molecule has 2 rings (SSSR count). The van der Waals surface area contributed by atoms with Gasteiger partial charge in [-0.2, -0.15) is 4.31 Å². The van der Waals surface area contributed by atoms with E-state index >= 15 is 0 Å². The van der Waals surface area contributed by atoms with Crippen LogP contribution in [0.5, 0.6) is 0 Å². The van der Waals surface area contributed by atoms with Crippen LogP contribution in [0.2, 0.25) is 0 Å². The Morgan fingerprint density at radius 2 is 1.95 bits per heavy atom. The van der Waals surface area contributed by atoms with Gasteiger partial charge in [-0.3, -0.25) is 0 Å². The standard InChI is InChI=1S/C15H22N2O2S2/c1-2-13-6-4-3-5-11-17(13)21(18,19)14-9-7-12(8-10-14)15(16)20/h7-10,13H,2-6,11H2,1H3,(H2,16,20). The van der Waals surface area contributed by atoms with Gasteiger partial charge in [0.25, 0.3) is 0 Å². The molecule has 1 saturated heterocycles. The largest absolute Gasteiger partial charge is 0.389 e. The van der Waals surface area contributed by atoms with Crippen LogP contribution in [0.3, 0.4) is 0 Å². The Labute approximate surface area is 132 Å². The first-order chi connectivity index (χ1) is 9.96. The van der Waals surface area contributed by atoms with Crippen molar-refractivity contribution in [1.29, 1.82) is 0 Å². The summed E-state index contributed by atoms with van der Waals surface area (Å²) in [4.78, 5) is 0.600. The van der Waals surface area contributed by atoms with E-state index in [1.54, 1.807) is 28.6 Å². The molecule has 0 aliphatic carbocycles. The molecule has 1 unspecified atom stereocenters. The van der Waals surface area contributed by atoms with Gasteiger partial charge in [0, 0.05) is 18.2 Å². The van der Waals surface area contributed by atoms with E-state index in [1.807, 2.05) is 0 Å². The average molecular weight is 326 g/mol. The maximum atomic E-state index is 12.9. The highest BCUT2D eigenvalue weighted by Crippen LogP contribution is 2.26. The summed E-state index contributed by atoms with van der Waals surface area (Å²) in [6.45, 7) is 2.66. The van der Waals surface area contributed by atoms with E-state index in [0.29, 0.717) is 17.0 Å². The van der Waals surface area contributed by atoms with Crippen LogP contribution in [0.4, 0.5) is 0 Å². The van der Waals surface area contributed by atoms with Crippen molar-refractivity contribution in [1.82, 2.24) is 4.31 Å². The SMILES string of the molecule is CCC1CCCCCN1S(=O)(=O)c1ccc(C(N)=S)cc1. The molecule has 2 N–H and O–H groups in total. The molecule has 0 radical (unpaired) electrons. The number of hydrogen-bond acceptors (Lipinski definition) is 3. The topological polar surface area (TPSA) is 63.4 Å². The summed E-state index contributed by atoms with van der Waals surface area (Å²) in [7, 11) is -3.44. The highest BCUT2D eigenvalue weighted by Gasteiger charge is 2.31. The number of nitrogens with two attached hydrogens (primary N) is 1. The van der Waals surface area contributed by atoms with Gasteiger partial charge in [-0.05, 0) is 31.4 Å². The second-order valence-corrected chi connectivity index (χ2v) is 7.75. The van der Waals surface area contributed by atoms with Crippen molar-refractivity contribution >= 4 is 27.2 Å². The monoisotopic (exact) mass is 326 g/mol. The van der Waals surface area contributed by atoms with Crippen LogP contribution in [0.25, 0.3) is 0 Å². The van der Waals surface area contributed by atoms with Crippen molar-refractivity contribution in [2.75, 3.05) is 6.54 Å². The molecule has 0 aromatic heterocycles. The summed E-state index contributed by atoms with van der Waals surface area (Å²) in [6.07, 6.45) is 4.93. The highest BCUT2D eigenvalue weighted by atomic mass is 32.2. The van der Waals surface area contributed by atoms with E-state index in [1.165, 1.54) is 0 Å². The normalized spacial score (nSPS) is 20.9. The van der Waals surface area contributed by atoms with Crippen LogP contribution in [-0.2, 0) is 10.0 Å². The van der Waals surface area contributed by atoms with Gasteiger partial charge < -0.3 is 5.73 Å². The molecule has 0 amide bonds. The minimum absolute atomic E-state index is 0.104. The number of nitrogens with zero attached hydrogens (tertiary/aromatic N) is 1. The van der Waals surface area contributed by atoms with Gasteiger partial charge in [0.1, 0.15) is 4.99 Å². The van der Waals surface area contributed by atoms with E-state index in [0.717, 1.165) is 32.1 Å². The molecule has 0 bridgehead atoms. The molecule has 4 nitrogen and oxygen atoms in total. The van der Waals surface area contributed by atoms with Crippen LogP contribution < -0.4 is 5.73 Å². The van der Waals surface area contributed by atoms with Crippen molar-refractivity contribution in [2.24, 2.45) is 5.73 Å². The van der Waals surface area contributed by atoms with Crippen LogP contribution in [0.15, 0.2) is 29.2 Å². The fraction of sp³-hybridized carbons (Fsp3) is 0.533. The smallest absolute Gasteiger partial charge is 0.243 e. The van der Waals surface area contributed by atoms with E-state index in [-0.39, 0.29) is 11.0 Å². The molecular formula is C15H22N2O2S2. The number of thiocarbonyl (C=S) groups is 1. The molecule has 1 aliphatic heterocycles. The lowest BCUT2D eigenvalue weighted by Gasteiger charge is -2.28. The third kappa shape index (κ3) is 3.62. The predicted molar refractivity (Wildman–Crippen MR) is 88.8 cm³/mol. The van der Waals surface area contributed by atoms with Gasteiger partial charge in [0.15, 0.2) is 0 Å². The van der Waals surface area contributed by atoms with Gasteiger partial charge in [0.05, 0.1) is 4.90 Å². The lowest BCUT2D eigenvalue weighted by Crippen LogP contribution is -2.39. The Bertz CT molecular complexity index is 597. The van der Waals surface area contributed by atoms with E-state index < -0.39 is 10.0 Å². The molecule has 21 heavy (non-hydrogen) atoms. The molecule has 116 valence electrons. The summed E-state index contributed by atoms with van der Waals surface area (Å²) in [5.41, 5.74) is 6.24. The lowest BCUT2D eigenvalue weighted by atomic mass is 10.1. The van der Waals surface area contributed by atoms with E-state index in [4.69, 9.17) is 18.0 Å². The summed E-state index contributed by atoms with van der Waals surface area (Å²) in [5, 5.41) is 0. The molecule has 1 heterocycles. The first kappa shape index (κ1) is 16.4. The van der Waals surface area contributed by atoms with Crippen molar-refractivity contribution in [3.8, 4) is 0 Å². The zero-order chi connectivity index (χ0) is 15.5. The van der Waals surface area contributed by atoms with Crippen LogP contribution in [0, 0.1) is 0 Å². The Kier molecular flexibility index (Phi) is 5.35. The maximum Gasteiger partial charge on any atom is 0.243 e. The fourth-order valence-electron chi connectivity index (χ4n) is 2.80. The van der Waals surface area contributed by atoms with Crippen molar-refractivity contribution in [2.45, 2.75) is 50.0 Å². The fourth-order valence-corrected chi connectivity index (χ4v) is 4.71. The van der Waals surface area contributed by atoms with Gasteiger partial charge in [-0.25, -0.2) is 8.42 Å². The second-order valence-electron chi connectivity index (χ2n) is 5.42. The van der Waals surface area contributed by atoms with Gasteiger partial charge in [-0.1, -0.05) is 44.1 Å². The van der Waals surface area contributed by atoms with Crippen molar-refractivity contribution in [3.05, 3.63) is 29.8 Å². The first-order valence-electron chi connectivity index (χ1n) is 7.38. The van der Waals surface area contributed by atoms with E-state index in [2.05, 4.69) is 6.92 Å². The van der Waals surface area contributed by atoms with E-state index in [9.17, 15) is 8.42 Å². The Hall–Kier alpha value is -0.980. The molecule has 0 spiro atoms. The highest BCUT2D eigenvalue weighted by molar-refractivity contribution is 7.89. The number of rotatable bonds is 4. The predicted octanol–water partition coefficient (Wildman–Crippen LogP) is 2.66. The molecule has 1 fully saturated rings. The Morgan fingerprint density at radius 3 is 2.52 bits per heavy atom.